The second-order valence-corrected chi connectivity index (χ2v) is 4.84. The summed E-state index contributed by atoms with van der Waals surface area (Å²) in [5.41, 5.74) is 0.735. The third-order valence-corrected chi connectivity index (χ3v) is 2.79. The molecular weight excluding hydrogens is 248 g/mol. The molecular formula is C11H16N6O2. The summed E-state index contributed by atoms with van der Waals surface area (Å²) in [6.45, 7) is 4.24. The summed E-state index contributed by atoms with van der Waals surface area (Å²) < 4.78 is 1.51. The standard InChI is InChI=1S/C11H16N6O2/c1-7(2)3-8(11(18)19)6-17-10(14-15-16-17)9-4-12-13-5-9/h4-5,7-8H,3,6H2,1-2H3,(H,12,13)(H,18,19). The van der Waals surface area contributed by atoms with Gasteiger partial charge < -0.3 is 5.11 Å². The van der Waals surface area contributed by atoms with Crippen LogP contribution in [0.25, 0.3) is 11.4 Å². The first-order chi connectivity index (χ1) is 9.08. The molecule has 0 aliphatic rings. The molecule has 1 atom stereocenters. The summed E-state index contributed by atoms with van der Waals surface area (Å²) in [6, 6.07) is 0. The highest BCUT2D eigenvalue weighted by Crippen LogP contribution is 2.18. The first kappa shape index (κ1) is 13.2. The molecule has 0 aromatic carbocycles. The third-order valence-electron chi connectivity index (χ3n) is 2.79. The number of nitrogens with zero attached hydrogens (tertiary/aromatic N) is 5. The average molecular weight is 264 g/mol. The number of tetrazole rings is 1. The van der Waals surface area contributed by atoms with Crippen LogP contribution in [0.4, 0.5) is 0 Å². The lowest BCUT2D eigenvalue weighted by molar-refractivity contribution is -0.142. The Balaban J connectivity index is 2.18. The summed E-state index contributed by atoms with van der Waals surface area (Å²) in [5.74, 6) is -0.518. The van der Waals surface area contributed by atoms with Gasteiger partial charge in [-0.15, -0.1) is 5.10 Å². The van der Waals surface area contributed by atoms with Gasteiger partial charge in [-0.3, -0.25) is 9.89 Å². The second-order valence-electron chi connectivity index (χ2n) is 4.84. The Morgan fingerprint density at radius 1 is 1.53 bits per heavy atom. The van der Waals surface area contributed by atoms with Crippen LogP contribution in [0.1, 0.15) is 20.3 Å². The number of hydrogen-bond acceptors (Lipinski definition) is 5. The van der Waals surface area contributed by atoms with Crippen LogP contribution in [-0.2, 0) is 11.3 Å². The molecule has 0 spiro atoms. The van der Waals surface area contributed by atoms with Crippen LogP contribution in [0.2, 0.25) is 0 Å². The molecule has 2 aromatic rings. The number of carboxylic acid groups (broad SMARTS) is 1. The van der Waals surface area contributed by atoms with Gasteiger partial charge in [-0.2, -0.15) is 5.10 Å². The highest BCUT2D eigenvalue weighted by Gasteiger charge is 2.22. The largest absolute Gasteiger partial charge is 0.481 e. The van der Waals surface area contributed by atoms with Gasteiger partial charge in [-0.1, -0.05) is 13.8 Å². The fourth-order valence-corrected chi connectivity index (χ4v) is 1.94. The summed E-state index contributed by atoms with van der Waals surface area (Å²) >= 11 is 0. The van der Waals surface area contributed by atoms with Crippen molar-refractivity contribution in [3.8, 4) is 11.4 Å². The molecule has 2 heterocycles. The first-order valence-corrected chi connectivity index (χ1v) is 6.06. The van der Waals surface area contributed by atoms with E-state index in [0.29, 0.717) is 18.2 Å². The van der Waals surface area contributed by atoms with E-state index in [2.05, 4.69) is 25.7 Å². The Labute approximate surface area is 109 Å². The predicted octanol–water partition coefficient (Wildman–Crippen LogP) is 0.810. The molecule has 2 rings (SSSR count). The molecule has 0 amide bonds. The maximum absolute atomic E-state index is 11.3. The molecule has 1 unspecified atom stereocenters. The number of aromatic nitrogens is 6. The third kappa shape index (κ3) is 3.15. The molecule has 8 heteroatoms. The summed E-state index contributed by atoms with van der Waals surface area (Å²) in [4.78, 5) is 11.3. The minimum atomic E-state index is -0.831. The Hall–Kier alpha value is -2.25. The van der Waals surface area contributed by atoms with Crippen LogP contribution in [0, 0.1) is 11.8 Å². The topological polar surface area (TPSA) is 110 Å². The molecule has 19 heavy (non-hydrogen) atoms. The van der Waals surface area contributed by atoms with Gasteiger partial charge in [0.25, 0.3) is 0 Å². The van der Waals surface area contributed by atoms with Crippen molar-refractivity contribution in [3.63, 3.8) is 0 Å². The highest BCUT2D eigenvalue weighted by molar-refractivity contribution is 5.70. The average Bonchev–Trinajstić information content (AvgIpc) is 2.96. The Morgan fingerprint density at radius 3 is 2.89 bits per heavy atom. The fourth-order valence-electron chi connectivity index (χ4n) is 1.94. The number of aliphatic carboxylic acids is 1. The van der Waals surface area contributed by atoms with E-state index in [1.807, 2.05) is 13.8 Å². The summed E-state index contributed by atoms with van der Waals surface area (Å²) in [7, 11) is 0. The number of aromatic amines is 1. The van der Waals surface area contributed by atoms with Crippen molar-refractivity contribution in [3.05, 3.63) is 12.4 Å². The molecule has 0 saturated carbocycles. The smallest absolute Gasteiger partial charge is 0.308 e. The quantitative estimate of drug-likeness (QED) is 0.799. The van der Waals surface area contributed by atoms with E-state index in [1.165, 1.54) is 4.68 Å². The Bertz CT molecular complexity index is 533. The fraction of sp³-hybridized carbons (Fsp3) is 0.545. The molecule has 2 aromatic heterocycles. The zero-order valence-corrected chi connectivity index (χ0v) is 10.8. The Morgan fingerprint density at radius 2 is 2.32 bits per heavy atom. The van der Waals surface area contributed by atoms with E-state index < -0.39 is 11.9 Å². The van der Waals surface area contributed by atoms with E-state index in [1.54, 1.807) is 12.4 Å². The van der Waals surface area contributed by atoms with Crippen LogP contribution in [0.5, 0.6) is 0 Å². The predicted molar refractivity (Wildman–Crippen MR) is 66.0 cm³/mol. The molecule has 2 N–H and O–H groups in total. The molecule has 0 fully saturated rings. The van der Waals surface area contributed by atoms with E-state index in [9.17, 15) is 9.90 Å². The number of hydrogen-bond donors (Lipinski definition) is 2. The maximum atomic E-state index is 11.3. The van der Waals surface area contributed by atoms with Gasteiger partial charge >= 0.3 is 5.97 Å². The minimum absolute atomic E-state index is 0.251. The first-order valence-electron chi connectivity index (χ1n) is 6.06. The minimum Gasteiger partial charge on any atom is -0.481 e. The number of carboxylic acids is 1. The zero-order chi connectivity index (χ0) is 13.8. The molecule has 0 radical (unpaired) electrons. The van der Waals surface area contributed by atoms with E-state index >= 15 is 0 Å². The van der Waals surface area contributed by atoms with Gasteiger partial charge in [0.2, 0.25) is 0 Å². The normalized spacial score (nSPS) is 12.8. The number of H-pyrrole nitrogens is 1. The lowest BCUT2D eigenvalue weighted by Gasteiger charge is -2.14. The van der Waals surface area contributed by atoms with Gasteiger partial charge in [-0.05, 0) is 22.8 Å². The number of nitrogens with one attached hydrogen (secondary N) is 1. The second kappa shape index (κ2) is 5.59. The molecule has 0 aliphatic heterocycles. The van der Waals surface area contributed by atoms with Crippen molar-refractivity contribution in [2.45, 2.75) is 26.8 Å². The number of rotatable bonds is 6. The number of carbonyl (C=O) groups is 1. The van der Waals surface area contributed by atoms with Crippen LogP contribution in [-0.4, -0.2) is 41.5 Å². The maximum Gasteiger partial charge on any atom is 0.308 e. The van der Waals surface area contributed by atoms with Gasteiger partial charge in [0.15, 0.2) is 5.82 Å². The Kier molecular flexibility index (Phi) is 3.88. The molecule has 0 saturated heterocycles. The van der Waals surface area contributed by atoms with Crippen molar-refractivity contribution in [2.75, 3.05) is 0 Å². The summed E-state index contributed by atoms with van der Waals surface area (Å²) in [5, 5.41) is 27.1. The highest BCUT2D eigenvalue weighted by atomic mass is 16.4. The van der Waals surface area contributed by atoms with Crippen molar-refractivity contribution < 1.29 is 9.90 Å². The van der Waals surface area contributed by atoms with Crippen LogP contribution < -0.4 is 0 Å². The van der Waals surface area contributed by atoms with E-state index in [-0.39, 0.29) is 6.54 Å². The summed E-state index contributed by atoms with van der Waals surface area (Å²) in [6.07, 6.45) is 3.85. The van der Waals surface area contributed by atoms with Crippen LogP contribution >= 0.6 is 0 Å². The van der Waals surface area contributed by atoms with Crippen LogP contribution in [0.3, 0.4) is 0 Å². The van der Waals surface area contributed by atoms with Crippen LogP contribution in [0.15, 0.2) is 12.4 Å². The van der Waals surface area contributed by atoms with E-state index in [0.717, 1.165) is 5.56 Å². The molecule has 102 valence electrons. The molecule has 0 aliphatic carbocycles. The SMILES string of the molecule is CC(C)CC(Cn1nnnc1-c1cn[nH]c1)C(=O)O. The molecule has 8 nitrogen and oxygen atoms in total. The van der Waals surface area contributed by atoms with E-state index in [4.69, 9.17) is 0 Å². The van der Waals surface area contributed by atoms with Gasteiger partial charge in [0.05, 0.1) is 24.2 Å². The molecule has 0 bridgehead atoms. The van der Waals surface area contributed by atoms with Crippen molar-refractivity contribution >= 4 is 5.97 Å². The van der Waals surface area contributed by atoms with Gasteiger partial charge in [-0.25, -0.2) is 4.68 Å². The lowest BCUT2D eigenvalue weighted by Crippen LogP contribution is -2.23. The lowest BCUT2D eigenvalue weighted by atomic mass is 9.97. The monoisotopic (exact) mass is 264 g/mol. The van der Waals surface area contributed by atoms with Crippen molar-refractivity contribution in [1.82, 2.24) is 30.4 Å². The zero-order valence-electron chi connectivity index (χ0n) is 10.8. The van der Waals surface area contributed by atoms with Gasteiger partial charge in [0, 0.05) is 6.20 Å². The van der Waals surface area contributed by atoms with Crippen molar-refractivity contribution in [1.29, 1.82) is 0 Å². The van der Waals surface area contributed by atoms with Gasteiger partial charge in [0.1, 0.15) is 0 Å². The van der Waals surface area contributed by atoms with Crippen molar-refractivity contribution in [2.24, 2.45) is 11.8 Å².